The first-order chi connectivity index (χ1) is 10.2. The largest absolute Gasteiger partial charge is 0.463 e. The van der Waals surface area contributed by atoms with Crippen LogP contribution in [0.1, 0.15) is 16.3 Å². The van der Waals surface area contributed by atoms with Crippen LogP contribution in [0.25, 0.3) is 10.7 Å². The average molecular weight is 306 g/mol. The Bertz CT molecular complexity index is 812. The molecule has 21 heavy (non-hydrogen) atoms. The summed E-state index contributed by atoms with van der Waals surface area (Å²) in [7, 11) is 1.27. The van der Waals surface area contributed by atoms with Gasteiger partial charge in [-0.25, -0.2) is 14.2 Å². The Labute approximate surface area is 122 Å². The SMILES string of the molecule is COC(=O)c1ccc(Cn2c(-c3cccs3)noc2=O)o1. The third-order valence-electron chi connectivity index (χ3n) is 2.79. The third kappa shape index (κ3) is 2.52. The van der Waals surface area contributed by atoms with Crippen molar-refractivity contribution in [3.8, 4) is 10.7 Å². The summed E-state index contributed by atoms with van der Waals surface area (Å²) in [6.45, 7) is 0.118. The lowest BCUT2D eigenvalue weighted by molar-refractivity contribution is 0.0563. The fourth-order valence-corrected chi connectivity index (χ4v) is 2.53. The van der Waals surface area contributed by atoms with Crippen LogP contribution in [0.5, 0.6) is 0 Å². The zero-order valence-electron chi connectivity index (χ0n) is 10.9. The van der Waals surface area contributed by atoms with Crippen molar-refractivity contribution in [2.24, 2.45) is 0 Å². The Morgan fingerprint density at radius 2 is 2.29 bits per heavy atom. The molecule has 3 aromatic heterocycles. The summed E-state index contributed by atoms with van der Waals surface area (Å²) in [6, 6.07) is 6.78. The number of nitrogens with zero attached hydrogens (tertiary/aromatic N) is 2. The number of furan rings is 1. The molecule has 0 spiro atoms. The number of esters is 1. The van der Waals surface area contributed by atoms with Crippen LogP contribution in [0, 0.1) is 0 Å². The van der Waals surface area contributed by atoms with E-state index in [-0.39, 0.29) is 12.3 Å². The van der Waals surface area contributed by atoms with Gasteiger partial charge in [-0.1, -0.05) is 11.2 Å². The smallest absolute Gasteiger partial charge is 0.442 e. The van der Waals surface area contributed by atoms with Crippen molar-refractivity contribution < 1.29 is 18.5 Å². The Hall–Kier alpha value is -2.61. The molecule has 0 aliphatic rings. The van der Waals surface area contributed by atoms with Gasteiger partial charge in [0.2, 0.25) is 5.76 Å². The molecule has 3 rings (SSSR count). The van der Waals surface area contributed by atoms with E-state index in [4.69, 9.17) is 8.94 Å². The van der Waals surface area contributed by atoms with Crippen LogP contribution in [0.15, 0.2) is 43.4 Å². The van der Waals surface area contributed by atoms with Gasteiger partial charge in [-0.2, -0.15) is 0 Å². The van der Waals surface area contributed by atoms with Crippen molar-refractivity contribution in [3.63, 3.8) is 0 Å². The van der Waals surface area contributed by atoms with E-state index in [1.54, 1.807) is 6.07 Å². The molecule has 3 heterocycles. The fraction of sp³-hybridized carbons (Fsp3) is 0.154. The van der Waals surface area contributed by atoms with Crippen molar-refractivity contribution >= 4 is 17.3 Å². The molecule has 0 amide bonds. The van der Waals surface area contributed by atoms with Gasteiger partial charge in [0, 0.05) is 0 Å². The molecule has 7 nitrogen and oxygen atoms in total. The van der Waals surface area contributed by atoms with E-state index < -0.39 is 11.7 Å². The minimum absolute atomic E-state index is 0.0784. The lowest BCUT2D eigenvalue weighted by Crippen LogP contribution is -2.15. The molecule has 0 fully saturated rings. The van der Waals surface area contributed by atoms with Crippen LogP contribution in [0.2, 0.25) is 0 Å². The molecule has 0 N–H and O–H groups in total. The van der Waals surface area contributed by atoms with E-state index >= 15 is 0 Å². The van der Waals surface area contributed by atoms with Crippen molar-refractivity contribution in [1.29, 1.82) is 0 Å². The number of hydrogen-bond acceptors (Lipinski definition) is 7. The topological polar surface area (TPSA) is 87.5 Å². The normalized spacial score (nSPS) is 10.7. The summed E-state index contributed by atoms with van der Waals surface area (Å²) < 4.78 is 15.9. The number of methoxy groups -OCH3 is 1. The maximum absolute atomic E-state index is 11.7. The second-order valence-corrected chi connectivity index (χ2v) is 5.04. The Morgan fingerprint density at radius 1 is 1.43 bits per heavy atom. The number of aromatic nitrogens is 2. The first kappa shape index (κ1) is 13.4. The Kier molecular flexibility index (Phi) is 3.44. The molecule has 108 valence electrons. The summed E-state index contributed by atoms with van der Waals surface area (Å²) in [5.41, 5.74) is 0. The van der Waals surface area contributed by atoms with Crippen LogP contribution in [-0.2, 0) is 11.3 Å². The first-order valence-corrected chi connectivity index (χ1v) is 6.84. The first-order valence-electron chi connectivity index (χ1n) is 5.96. The minimum Gasteiger partial charge on any atom is -0.463 e. The zero-order valence-corrected chi connectivity index (χ0v) is 11.8. The van der Waals surface area contributed by atoms with Crippen LogP contribution in [0.4, 0.5) is 0 Å². The number of rotatable bonds is 4. The predicted molar refractivity (Wildman–Crippen MR) is 73.2 cm³/mol. The quantitative estimate of drug-likeness (QED) is 0.685. The number of carbonyl (C=O) groups is 1. The van der Waals surface area contributed by atoms with Crippen LogP contribution in [-0.4, -0.2) is 22.8 Å². The van der Waals surface area contributed by atoms with E-state index in [0.717, 1.165) is 4.88 Å². The highest BCUT2D eigenvalue weighted by Crippen LogP contribution is 2.22. The van der Waals surface area contributed by atoms with Gasteiger partial charge in [0.25, 0.3) is 0 Å². The van der Waals surface area contributed by atoms with Gasteiger partial charge in [0.05, 0.1) is 18.5 Å². The molecule has 0 radical (unpaired) electrons. The van der Waals surface area contributed by atoms with Gasteiger partial charge in [0.1, 0.15) is 5.76 Å². The average Bonchev–Trinajstić information content (AvgIpc) is 3.21. The summed E-state index contributed by atoms with van der Waals surface area (Å²) in [4.78, 5) is 23.9. The second-order valence-electron chi connectivity index (χ2n) is 4.09. The number of carbonyl (C=O) groups excluding carboxylic acids is 1. The molecule has 0 saturated heterocycles. The highest BCUT2D eigenvalue weighted by Gasteiger charge is 2.17. The lowest BCUT2D eigenvalue weighted by atomic mass is 10.4. The van der Waals surface area contributed by atoms with Crippen molar-refractivity contribution in [3.05, 3.63) is 51.7 Å². The molecule has 0 bridgehead atoms. The molecule has 0 unspecified atom stereocenters. The van der Waals surface area contributed by atoms with Gasteiger partial charge in [0.15, 0.2) is 5.82 Å². The maximum atomic E-state index is 11.7. The van der Waals surface area contributed by atoms with Crippen LogP contribution < -0.4 is 5.76 Å². The second kappa shape index (κ2) is 5.41. The van der Waals surface area contributed by atoms with Gasteiger partial charge in [-0.3, -0.25) is 4.52 Å². The zero-order chi connectivity index (χ0) is 14.8. The molecule has 0 aliphatic heterocycles. The highest BCUT2D eigenvalue weighted by atomic mass is 32.1. The van der Waals surface area contributed by atoms with Crippen LogP contribution in [0.3, 0.4) is 0 Å². The standard InChI is InChI=1S/C13H10N2O5S/c1-18-12(16)9-5-4-8(19-9)7-15-11(14-20-13(15)17)10-3-2-6-21-10/h2-6H,7H2,1H3. The number of thiophene rings is 1. The van der Waals surface area contributed by atoms with Gasteiger partial charge in [-0.15, -0.1) is 11.3 Å². The van der Waals surface area contributed by atoms with Crippen molar-refractivity contribution in [2.75, 3.05) is 7.11 Å². The van der Waals surface area contributed by atoms with Gasteiger partial charge >= 0.3 is 11.7 Å². The molecular formula is C13H10N2O5S. The summed E-state index contributed by atoms with van der Waals surface area (Å²) >= 11 is 1.44. The molecule has 0 aliphatic carbocycles. The molecule has 8 heteroatoms. The molecule has 0 saturated carbocycles. The summed E-state index contributed by atoms with van der Waals surface area (Å²) in [6.07, 6.45) is 0. The Morgan fingerprint density at radius 3 is 3.00 bits per heavy atom. The molecule has 3 aromatic rings. The van der Waals surface area contributed by atoms with Crippen molar-refractivity contribution in [2.45, 2.75) is 6.54 Å². The van der Waals surface area contributed by atoms with E-state index in [9.17, 15) is 9.59 Å². The van der Waals surface area contributed by atoms with Crippen LogP contribution >= 0.6 is 11.3 Å². The van der Waals surface area contributed by atoms with E-state index in [0.29, 0.717) is 11.6 Å². The van der Waals surface area contributed by atoms with E-state index in [2.05, 4.69) is 9.89 Å². The number of ether oxygens (including phenoxy) is 1. The fourth-order valence-electron chi connectivity index (χ4n) is 1.82. The number of hydrogen-bond donors (Lipinski definition) is 0. The van der Waals surface area contributed by atoms with Crippen molar-refractivity contribution in [1.82, 2.24) is 9.72 Å². The van der Waals surface area contributed by atoms with E-state index in [1.807, 2.05) is 17.5 Å². The molecule has 0 aromatic carbocycles. The molecular weight excluding hydrogens is 296 g/mol. The predicted octanol–water partition coefficient (Wildman–Crippen LogP) is 1.99. The Balaban J connectivity index is 1.92. The summed E-state index contributed by atoms with van der Waals surface area (Å²) in [5, 5.41) is 5.64. The van der Waals surface area contributed by atoms with Gasteiger partial charge < -0.3 is 9.15 Å². The highest BCUT2D eigenvalue weighted by molar-refractivity contribution is 7.13. The maximum Gasteiger partial charge on any atom is 0.442 e. The molecule has 0 atom stereocenters. The minimum atomic E-state index is -0.589. The lowest BCUT2D eigenvalue weighted by Gasteiger charge is -2.00. The monoisotopic (exact) mass is 306 g/mol. The third-order valence-corrected chi connectivity index (χ3v) is 3.66. The van der Waals surface area contributed by atoms with E-state index in [1.165, 1.54) is 29.1 Å². The van der Waals surface area contributed by atoms with Gasteiger partial charge in [-0.05, 0) is 23.6 Å². The summed E-state index contributed by atoms with van der Waals surface area (Å²) in [5.74, 6) is -0.231.